The molecule has 150 valence electrons. The third-order valence-corrected chi connectivity index (χ3v) is 6.55. The van der Waals surface area contributed by atoms with Crippen LogP contribution in [0, 0.1) is 18.8 Å². The number of aliphatic hydroxyl groups excluding tert-OH is 1. The van der Waals surface area contributed by atoms with Gasteiger partial charge in [0, 0.05) is 42.5 Å². The molecule has 1 amide bonds. The monoisotopic (exact) mass is 392 g/mol. The molecular weight excluding hydrogens is 368 g/mol. The van der Waals surface area contributed by atoms with E-state index in [1.807, 2.05) is 30.5 Å². The molecule has 29 heavy (non-hydrogen) atoms. The van der Waals surface area contributed by atoms with E-state index in [9.17, 15) is 14.7 Å². The van der Waals surface area contributed by atoms with Crippen molar-refractivity contribution < 1.29 is 14.3 Å². The lowest BCUT2D eigenvalue weighted by Crippen LogP contribution is -2.40. The van der Waals surface area contributed by atoms with Gasteiger partial charge in [-0.25, -0.2) is 4.79 Å². The van der Waals surface area contributed by atoms with Crippen LogP contribution in [0.5, 0.6) is 0 Å². The number of rotatable bonds is 4. The Morgan fingerprint density at radius 3 is 2.86 bits per heavy atom. The maximum absolute atomic E-state index is 12.9. The molecule has 5 rings (SSSR count). The molecule has 3 aromatic rings. The number of nitrogens with zero attached hydrogens (tertiary/aromatic N) is 1. The maximum atomic E-state index is 12.9. The highest BCUT2D eigenvalue weighted by atomic mass is 16.4. The molecule has 2 fully saturated rings. The number of likely N-dealkylation sites (tertiary alicyclic amines) is 1. The van der Waals surface area contributed by atoms with E-state index in [2.05, 4.69) is 11.1 Å². The Balaban J connectivity index is 1.33. The molecule has 0 spiro atoms. The van der Waals surface area contributed by atoms with E-state index in [0.29, 0.717) is 36.8 Å². The zero-order valence-corrected chi connectivity index (χ0v) is 16.4. The molecule has 6 nitrogen and oxygen atoms in total. The molecule has 1 saturated heterocycles. The normalized spacial score (nSPS) is 23.2. The van der Waals surface area contributed by atoms with E-state index >= 15 is 0 Å². The summed E-state index contributed by atoms with van der Waals surface area (Å²) >= 11 is 0. The summed E-state index contributed by atoms with van der Waals surface area (Å²) < 4.78 is 5.51. The number of carbonyl (C=O) groups excluding carboxylic acids is 1. The first-order valence-electron chi connectivity index (χ1n) is 10.2. The lowest BCUT2D eigenvalue weighted by molar-refractivity contribution is -0.00427. The number of aromatic amines is 1. The van der Waals surface area contributed by atoms with Gasteiger partial charge in [-0.1, -0.05) is 18.2 Å². The minimum Gasteiger partial charge on any atom is -0.427 e. The van der Waals surface area contributed by atoms with Crippen LogP contribution < -0.4 is 5.63 Å². The van der Waals surface area contributed by atoms with Crippen molar-refractivity contribution in [3.05, 3.63) is 69.4 Å². The number of hydrogen-bond donors (Lipinski definition) is 2. The van der Waals surface area contributed by atoms with Gasteiger partial charge in [-0.2, -0.15) is 0 Å². The van der Waals surface area contributed by atoms with Crippen molar-refractivity contribution in [2.75, 3.05) is 13.1 Å². The molecular formula is C23H24N2O4. The van der Waals surface area contributed by atoms with Gasteiger partial charge in [0.25, 0.3) is 5.91 Å². The number of benzene rings is 1. The molecule has 0 bridgehead atoms. The van der Waals surface area contributed by atoms with E-state index < -0.39 is 5.63 Å². The number of hydrogen-bond acceptors (Lipinski definition) is 4. The number of aryl methyl sites for hydroxylation is 3. The molecule has 3 heterocycles. The molecule has 2 N–H and O–H groups in total. The van der Waals surface area contributed by atoms with Crippen LogP contribution in [0.25, 0.3) is 10.9 Å². The van der Waals surface area contributed by atoms with Crippen LogP contribution in [0.3, 0.4) is 0 Å². The first kappa shape index (κ1) is 18.2. The summed E-state index contributed by atoms with van der Waals surface area (Å²) in [5, 5.41) is 11.0. The lowest BCUT2D eigenvalue weighted by atomic mass is 9.74. The highest BCUT2D eigenvalue weighted by Crippen LogP contribution is 2.41. The Bertz CT molecular complexity index is 1150. The largest absolute Gasteiger partial charge is 0.427 e. The highest BCUT2D eigenvalue weighted by Gasteiger charge is 2.48. The smallest absolute Gasteiger partial charge is 0.349 e. The Labute approximate surface area is 168 Å². The Hall–Kier alpha value is -2.86. The predicted octanol–water partition coefficient (Wildman–Crippen LogP) is 2.67. The van der Waals surface area contributed by atoms with Crippen molar-refractivity contribution in [2.24, 2.45) is 11.8 Å². The molecule has 3 atom stereocenters. The van der Waals surface area contributed by atoms with Gasteiger partial charge < -0.3 is 19.4 Å². The molecule has 1 aromatic carbocycles. The zero-order chi connectivity index (χ0) is 20.1. The van der Waals surface area contributed by atoms with Crippen molar-refractivity contribution >= 4 is 16.8 Å². The van der Waals surface area contributed by atoms with Gasteiger partial charge in [-0.3, -0.25) is 4.79 Å². The minimum absolute atomic E-state index is 0.122. The van der Waals surface area contributed by atoms with Crippen LogP contribution >= 0.6 is 0 Å². The average Bonchev–Trinajstić information content (AvgIpc) is 3.26. The van der Waals surface area contributed by atoms with Gasteiger partial charge >= 0.3 is 5.63 Å². The summed E-state index contributed by atoms with van der Waals surface area (Å²) in [6.07, 6.45) is 3.75. The standard InChI is InChI=1S/C23H24N2O4/c1-13-8-16(7-6-14-10-24-19-5-3-2-4-17(14)19)29-23(28)21(13)22(27)25-11-15-9-20(26)18(15)12-25/h2-5,8,10,15,18,20,24,26H,6-7,9,11-12H2,1H3/t15-,18+,20+/m0/s1. The lowest BCUT2D eigenvalue weighted by Gasteiger charge is -2.34. The van der Waals surface area contributed by atoms with Gasteiger partial charge in [-0.05, 0) is 48.9 Å². The van der Waals surface area contributed by atoms with Crippen molar-refractivity contribution in [3.8, 4) is 0 Å². The Kier molecular flexibility index (Phi) is 4.32. The molecule has 2 aromatic heterocycles. The predicted molar refractivity (Wildman–Crippen MR) is 109 cm³/mol. The van der Waals surface area contributed by atoms with Crippen LogP contribution in [0.2, 0.25) is 0 Å². The summed E-state index contributed by atoms with van der Waals surface area (Å²) in [5.41, 5.74) is 2.47. The Morgan fingerprint density at radius 2 is 2.10 bits per heavy atom. The van der Waals surface area contributed by atoms with Crippen molar-refractivity contribution in [3.63, 3.8) is 0 Å². The topological polar surface area (TPSA) is 86.5 Å². The third-order valence-electron chi connectivity index (χ3n) is 6.55. The summed E-state index contributed by atoms with van der Waals surface area (Å²) in [6.45, 7) is 2.92. The molecule has 0 radical (unpaired) electrons. The van der Waals surface area contributed by atoms with Gasteiger partial charge in [0.1, 0.15) is 11.3 Å². The molecule has 6 heteroatoms. The van der Waals surface area contributed by atoms with E-state index in [4.69, 9.17) is 4.42 Å². The summed E-state index contributed by atoms with van der Waals surface area (Å²) in [6, 6.07) is 9.92. The summed E-state index contributed by atoms with van der Waals surface area (Å²) in [5.74, 6) is 0.825. The van der Waals surface area contributed by atoms with Gasteiger partial charge in [0.15, 0.2) is 0 Å². The first-order chi connectivity index (χ1) is 14.0. The third kappa shape index (κ3) is 3.08. The number of nitrogens with one attached hydrogen (secondary N) is 1. The fourth-order valence-electron chi connectivity index (χ4n) is 4.84. The van der Waals surface area contributed by atoms with Gasteiger partial charge in [0.05, 0.1) is 6.10 Å². The number of aromatic nitrogens is 1. The summed E-state index contributed by atoms with van der Waals surface area (Å²) in [4.78, 5) is 30.5. The molecule has 0 unspecified atom stereocenters. The number of fused-ring (bicyclic) bond motifs is 2. The molecule has 2 aliphatic rings. The van der Waals surface area contributed by atoms with Crippen molar-refractivity contribution in [1.29, 1.82) is 0 Å². The van der Waals surface area contributed by atoms with E-state index in [-0.39, 0.29) is 23.5 Å². The van der Waals surface area contributed by atoms with Crippen LogP contribution in [-0.2, 0) is 12.8 Å². The van der Waals surface area contributed by atoms with Crippen LogP contribution in [0.1, 0.15) is 33.7 Å². The van der Waals surface area contributed by atoms with E-state index in [0.717, 1.165) is 18.4 Å². The first-order valence-corrected chi connectivity index (χ1v) is 10.2. The number of aliphatic hydroxyl groups is 1. The second-order valence-electron chi connectivity index (χ2n) is 8.35. The number of para-hydroxylation sites is 1. The number of amides is 1. The second-order valence-corrected chi connectivity index (χ2v) is 8.35. The Morgan fingerprint density at radius 1 is 1.28 bits per heavy atom. The number of H-pyrrole nitrogens is 1. The van der Waals surface area contributed by atoms with Crippen molar-refractivity contribution in [2.45, 2.75) is 32.3 Å². The summed E-state index contributed by atoms with van der Waals surface area (Å²) in [7, 11) is 0. The molecule has 1 aliphatic heterocycles. The average molecular weight is 392 g/mol. The van der Waals surface area contributed by atoms with Crippen molar-refractivity contribution in [1.82, 2.24) is 9.88 Å². The molecule has 1 saturated carbocycles. The zero-order valence-electron chi connectivity index (χ0n) is 16.4. The SMILES string of the molecule is Cc1cc(CCc2c[nH]c3ccccc23)oc(=O)c1C(=O)N1C[C@@H]2C[C@@H](O)[C@@H]2C1. The highest BCUT2D eigenvalue weighted by molar-refractivity contribution is 5.95. The van der Waals surface area contributed by atoms with Crippen LogP contribution in [-0.4, -0.2) is 40.1 Å². The van der Waals surface area contributed by atoms with Gasteiger partial charge in [-0.15, -0.1) is 0 Å². The second kappa shape index (κ2) is 6.88. The fourth-order valence-corrected chi connectivity index (χ4v) is 4.84. The fraction of sp³-hybridized carbons (Fsp3) is 0.391. The number of carbonyl (C=O) groups is 1. The maximum Gasteiger partial charge on any atom is 0.349 e. The van der Waals surface area contributed by atoms with Gasteiger partial charge in [0.2, 0.25) is 0 Å². The van der Waals surface area contributed by atoms with Crippen LogP contribution in [0.4, 0.5) is 0 Å². The molecule has 1 aliphatic carbocycles. The van der Waals surface area contributed by atoms with E-state index in [1.165, 1.54) is 10.9 Å². The minimum atomic E-state index is -0.566. The van der Waals surface area contributed by atoms with E-state index in [1.54, 1.807) is 11.8 Å². The quantitative estimate of drug-likeness (QED) is 0.715. The van der Waals surface area contributed by atoms with Crippen LogP contribution in [0.15, 0.2) is 45.7 Å².